The Morgan fingerprint density at radius 1 is 1.23 bits per heavy atom. The van der Waals surface area contributed by atoms with E-state index < -0.39 is 0 Å². The normalized spacial score (nSPS) is 16.5. The predicted octanol–water partition coefficient (Wildman–Crippen LogP) is 2.05. The number of halogens is 1. The molecule has 0 spiro atoms. The van der Waals surface area contributed by atoms with Crippen molar-refractivity contribution < 1.29 is 0 Å². The highest BCUT2D eigenvalue weighted by Gasteiger charge is 2.28. The van der Waals surface area contributed by atoms with Crippen molar-refractivity contribution in [2.75, 3.05) is 34.9 Å². The molecule has 0 bridgehead atoms. The summed E-state index contributed by atoms with van der Waals surface area (Å²) in [6.07, 6.45) is 5.07. The minimum atomic E-state index is -0.147. The van der Waals surface area contributed by atoms with Crippen LogP contribution in [0.5, 0.6) is 0 Å². The van der Waals surface area contributed by atoms with Crippen molar-refractivity contribution in [3.63, 3.8) is 0 Å². The number of hydrazine groups is 1. The van der Waals surface area contributed by atoms with Crippen molar-refractivity contribution >= 4 is 46.4 Å². The van der Waals surface area contributed by atoms with E-state index in [9.17, 15) is 0 Å². The highest BCUT2D eigenvalue weighted by atomic mass is 35.5. The van der Waals surface area contributed by atoms with Gasteiger partial charge < -0.3 is 27.5 Å². The molecule has 1 fully saturated rings. The summed E-state index contributed by atoms with van der Waals surface area (Å²) in [6, 6.07) is 1.78. The number of nitrogens with one attached hydrogen (secondary N) is 1. The van der Waals surface area contributed by atoms with Gasteiger partial charge in [0.2, 0.25) is 0 Å². The van der Waals surface area contributed by atoms with Gasteiger partial charge in [0, 0.05) is 35.9 Å². The van der Waals surface area contributed by atoms with E-state index in [1.54, 1.807) is 18.5 Å². The fraction of sp³-hybridized carbons (Fsp3) is 0.375. The smallest absolute Gasteiger partial charge is 0.155 e. The quantitative estimate of drug-likeness (QED) is 0.388. The first-order valence-electron chi connectivity index (χ1n) is 8.19. The van der Waals surface area contributed by atoms with Crippen LogP contribution in [0.25, 0.3) is 0 Å². The van der Waals surface area contributed by atoms with Crippen LogP contribution in [0.3, 0.4) is 0 Å². The molecule has 3 heterocycles. The second kappa shape index (κ2) is 7.36. The number of pyridine rings is 2. The van der Waals surface area contributed by atoms with Crippen LogP contribution in [0.15, 0.2) is 28.3 Å². The average Bonchev–Trinajstić information content (AvgIpc) is 2.60. The Labute approximate surface area is 161 Å². The van der Waals surface area contributed by atoms with Gasteiger partial charge in [-0.3, -0.25) is 5.84 Å². The van der Waals surface area contributed by atoms with E-state index in [-0.39, 0.29) is 11.4 Å². The summed E-state index contributed by atoms with van der Waals surface area (Å²) >= 11 is 7.59. The van der Waals surface area contributed by atoms with Crippen molar-refractivity contribution in [2.24, 2.45) is 11.6 Å². The molecule has 8 nitrogen and oxygen atoms in total. The third kappa shape index (κ3) is 3.75. The van der Waals surface area contributed by atoms with Crippen molar-refractivity contribution in [3.05, 3.63) is 23.5 Å². The standard InChI is InChI=1S/C16H23ClN8S/c1-16(20)3-6-25(7-4-16)15-13(24-21)12(18)10(8-23-15)26-9-2-5-22-14(19)11(9)17/h2,5,8,24H,3-4,6-7,20-21H2,1H3,(H2,18,23)(H2,19,22). The molecule has 10 heteroatoms. The number of nitrogens with zero attached hydrogens (tertiary/aromatic N) is 3. The topological polar surface area (TPSA) is 145 Å². The highest BCUT2D eigenvalue weighted by molar-refractivity contribution is 7.99. The molecule has 0 atom stereocenters. The third-order valence-electron chi connectivity index (χ3n) is 4.51. The van der Waals surface area contributed by atoms with Gasteiger partial charge in [0.25, 0.3) is 0 Å². The van der Waals surface area contributed by atoms with E-state index in [0.29, 0.717) is 16.4 Å². The summed E-state index contributed by atoms with van der Waals surface area (Å²) in [7, 11) is 0. The lowest BCUT2D eigenvalue weighted by Crippen LogP contribution is -2.48. The number of anilines is 4. The molecule has 1 aliphatic heterocycles. The van der Waals surface area contributed by atoms with Gasteiger partial charge in [0.05, 0.1) is 15.6 Å². The van der Waals surface area contributed by atoms with E-state index in [4.69, 9.17) is 34.6 Å². The van der Waals surface area contributed by atoms with Crippen LogP contribution in [0.4, 0.5) is 23.0 Å². The molecule has 0 aliphatic carbocycles. The van der Waals surface area contributed by atoms with E-state index in [0.717, 1.165) is 41.5 Å². The zero-order valence-corrected chi connectivity index (χ0v) is 16.1. The summed E-state index contributed by atoms with van der Waals surface area (Å²) < 4.78 is 0. The Morgan fingerprint density at radius 3 is 2.58 bits per heavy atom. The summed E-state index contributed by atoms with van der Waals surface area (Å²) in [5, 5.41) is 0.390. The van der Waals surface area contributed by atoms with Crippen LogP contribution in [-0.2, 0) is 0 Å². The first-order chi connectivity index (χ1) is 12.3. The SMILES string of the molecule is CC1(N)CCN(c2ncc(Sc3ccnc(N)c3Cl)c(N)c2NN)CC1. The number of rotatable bonds is 4. The van der Waals surface area contributed by atoms with Crippen LogP contribution < -0.4 is 33.4 Å². The molecule has 2 aromatic heterocycles. The summed E-state index contributed by atoms with van der Waals surface area (Å²) in [6.45, 7) is 3.67. The Balaban J connectivity index is 1.89. The number of hydrogen-bond acceptors (Lipinski definition) is 9. The molecular formula is C16H23ClN8S. The third-order valence-corrected chi connectivity index (χ3v) is 6.13. The Kier molecular flexibility index (Phi) is 5.33. The van der Waals surface area contributed by atoms with Crippen molar-refractivity contribution in [2.45, 2.75) is 35.1 Å². The lowest BCUT2D eigenvalue weighted by molar-refractivity contribution is 0.363. The van der Waals surface area contributed by atoms with Gasteiger partial charge in [-0.25, -0.2) is 9.97 Å². The van der Waals surface area contributed by atoms with Crippen molar-refractivity contribution in [1.29, 1.82) is 0 Å². The summed E-state index contributed by atoms with van der Waals surface area (Å²) in [5.41, 5.74) is 22.0. The summed E-state index contributed by atoms with van der Waals surface area (Å²) in [4.78, 5) is 12.2. The molecule has 9 N–H and O–H groups in total. The molecule has 1 saturated heterocycles. The average molecular weight is 395 g/mol. The first-order valence-corrected chi connectivity index (χ1v) is 9.38. The molecule has 1 aliphatic rings. The minimum Gasteiger partial charge on any atom is -0.396 e. The Bertz CT molecular complexity index is 803. The second-order valence-electron chi connectivity index (χ2n) is 6.63. The maximum Gasteiger partial charge on any atom is 0.155 e. The van der Waals surface area contributed by atoms with E-state index in [2.05, 4.69) is 27.2 Å². The largest absolute Gasteiger partial charge is 0.396 e. The van der Waals surface area contributed by atoms with Gasteiger partial charge in [-0.15, -0.1) is 0 Å². The second-order valence-corrected chi connectivity index (χ2v) is 8.09. The lowest BCUT2D eigenvalue weighted by Gasteiger charge is -2.38. The maximum absolute atomic E-state index is 6.35. The van der Waals surface area contributed by atoms with Crippen molar-refractivity contribution in [3.8, 4) is 0 Å². The molecule has 2 aromatic rings. The van der Waals surface area contributed by atoms with Crippen LogP contribution in [0.2, 0.25) is 5.02 Å². The van der Waals surface area contributed by atoms with Gasteiger partial charge in [-0.05, 0) is 25.8 Å². The molecule has 0 aromatic carbocycles. The monoisotopic (exact) mass is 394 g/mol. The van der Waals surface area contributed by atoms with Crippen molar-refractivity contribution in [1.82, 2.24) is 9.97 Å². The zero-order valence-electron chi connectivity index (χ0n) is 14.5. The fourth-order valence-corrected chi connectivity index (χ4v) is 3.93. The van der Waals surface area contributed by atoms with Gasteiger partial charge in [-0.1, -0.05) is 23.4 Å². The number of nitrogen functional groups attached to an aromatic ring is 3. The van der Waals surface area contributed by atoms with Gasteiger partial charge in [0.1, 0.15) is 11.5 Å². The molecule has 0 unspecified atom stereocenters. The lowest BCUT2D eigenvalue weighted by atomic mass is 9.91. The Morgan fingerprint density at radius 2 is 1.92 bits per heavy atom. The maximum atomic E-state index is 6.35. The fourth-order valence-electron chi connectivity index (χ4n) is 2.83. The molecule has 3 rings (SSSR count). The van der Waals surface area contributed by atoms with E-state index >= 15 is 0 Å². The van der Waals surface area contributed by atoms with Gasteiger partial charge in [0.15, 0.2) is 5.82 Å². The number of piperidine rings is 1. The first kappa shape index (κ1) is 18.8. The minimum absolute atomic E-state index is 0.147. The number of hydrogen-bond donors (Lipinski definition) is 5. The number of aromatic nitrogens is 2. The highest BCUT2D eigenvalue weighted by Crippen LogP contribution is 2.42. The molecule has 0 saturated carbocycles. The molecule has 0 radical (unpaired) electrons. The van der Waals surface area contributed by atoms with E-state index in [1.807, 2.05) is 0 Å². The van der Waals surface area contributed by atoms with Gasteiger partial charge >= 0.3 is 0 Å². The molecule has 0 amide bonds. The zero-order chi connectivity index (χ0) is 18.9. The molecule has 26 heavy (non-hydrogen) atoms. The number of nitrogens with two attached hydrogens (primary N) is 4. The van der Waals surface area contributed by atoms with Crippen LogP contribution in [0.1, 0.15) is 19.8 Å². The predicted molar refractivity (Wildman–Crippen MR) is 108 cm³/mol. The van der Waals surface area contributed by atoms with Crippen LogP contribution >= 0.6 is 23.4 Å². The van der Waals surface area contributed by atoms with Gasteiger partial charge in [-0.2, -0.15) is 0 Å². The molecular weight excluding hydrogens is 372 g/mol. The van der Waals surface area contributed by atoms with Crippen LogP contribution in [-0.4, -0.2) is 28.6 Å². The molecule has 140 valence electrons. The Hall–Kier alpha value is -1.94. The van der Waals surface area contributed by atoms with E-state index in [1.165, 1.54) is 11.8 Å². The van der Waals surface area contributed by atoms with Crippen LogP contribution in [0, 0.1) is 0 Å². The summed E-state index contributed by atoms with van der Waals surface area (Å²) in [5.74, 6) is 6.74.